The van der Waals surface area contributed by atoms with Gasteiger partial charge in [-0.2, -0.15) is 0 Å². The van der Waals surface area contributed by atoms with Gasteiger partial charge in [0.1, 0.15) is 5.82 Å². The van der Waals surface area contributed by atoms with Gasteiger partial charge in [-0.25, -0.2) is 4.39 Å². The van der Waals surface area contributed by atoms with Gasteiger partial charge in [0.05, 0.1) is 18.8 Å². The average molecular weight is 331 g/mol. The molecule has 24 heavy (non-hydrogen) atoms. The van der Waals surface area contributed by atoms with E-state index in [1.54, 1.807) is 6.07 Å². The number of ether oxygens (including phenoxy) is 1. The maximum Gasteiger partial charge on any atom is 0.254 e. The standard InChI is InChI=1S/C19H22FNO3/c1-14-3-5-15(6-4-14)16-7-8-17(18(20)13-16)19(23)21-9-2-11-24-12-10-22/h3-8,13,22H,2,9-12H2,1H3,(H,21,23). The maximum absolute atomic E-state index is 14.2. The van der Waals surface area contributed by atoms with Gasteiger partial charge in [-0.15, -0.1) is 0 Å². The minimum absolute atomic E-state index is 0.0229. The van der Waals surface area contributed by atoms with Gasteiger partial charge in [0, 0.05) is 13.2 Å². The minimum atomic E-state index is -0.540. The molecule has 1 amide bonds. The lowest BCUT2D eigenvalue weighted by Crippen LogP contribution is -2.26. The van der Waals surface area contributed by atoms with Gasteiger partial charge >= 0.3 is 0 Å². The van der Waals surface area contributed by atoms with Crippen molar-refractivity contribution < 1.29 is 19.0 Å². The zero-order chi connectivity index (χ0) is 17.4. The number of aryl methyl sites for hydroxylation is 1. The van der Waals surface area contributed by atoms with Crippen LogP contribution in [-0.2, 0) is 4.74 Å². The second-order valence-corrected chi connectivity index (χ2v) is 5.51. The van der Waals surface area contributed by atoms with Crippen LogP contribution in [0.3, 0.4) is 0 Å². The minimum Gasteiger partial charge on any atom is -0.394 e. The molecule has 0 atom stereocenters. The van der Waals surface area contributed by atoms with E-state index in [9.17, 15) is 9.18 Å². The molecule has 0 aliphatic heterocycles. The number of carbonyl (C=O) groups is 1. The molecule has 0 aliphatic carbocycles. The molecule has 0 heterocycles. The molecule has 0 radical (unpaired) electrons. The number of benzene rings is 2. The summed E-state index contributed by atoms with van der Waals surface area (Å²) in [6, 6.07) is 12.4. The van der Waals surface area contributed by atoms with Gasteiger partial charge in [-0.3, -0.25) is 4.79 Å². The number of rotatable bonds is 8. The van der Waals surface area contributed by atoms with Crippen LogP contribution in [0.2, 0.25) is 0 Å². The third-order valence-electron chi connectivity index (χ3n) is 3.59. The summed E-state index contributed by atoms with van der Waals surface area (Å²) in [5.41, 5.74) is 2.81. The first-order valence-corrected chi connectivity index (χ1v) is 7.95. The Labute approximate surface area is 141 Å². The van der Waals surface area contributed by atoms with E-state index in [-0.39, 0.29) is 18.8 Å². The molecule has 0 fully saturated rings. The first-order chi connectivity index (χ1) is 11.6. The SMILES string of the molecule is Cc1ccc(-c2ccc(C(=O)NCCCOCCO)c(F)c2)cc1. The van der Waals surface area contributed by atoms with Crippen molar-refractivity contribution in [3.05, 3.63) is 59.4 Å². The van der Waals surface area contributed by atoms with Crippen molar-refractivity contribution in [2.75, 3.05) is 26.4 Å². The molecule has 0 aromatic heterocycles. The topological polar surface area (TPSA) is 58.6 Å². The van der Waals surface area contributed by atoms with Crippen molar-refractivity contribution in [3.8, 4) is 11.1 Å². The molecule has 0 spiro atoms. The summed E-state index contributed by atoms with van der Waals surface area (Å²) >= 11 is 0. The van der Waals surface area contributed by atoms with Crippen molar-refractivity contribution in [1.82, 2.24) is 5.32 Å². The molecule has 2 rings (SSSR count). The van der Waals surface area contributed by atoms with E-state index in [1.807, 2.05) is 31.2 Å². The van der Waals surface area contributed by atoms with Crippen molar-refractivity contribution in [3.63, 3.8) is 0 Å². The highest BCUT2D eigenvalue weighted by molar-refractivity contribution is 5.95. The van der Waals surface area contributed by atoms with Crippen LogP contribution in [0.25, 0.3) is 11.1 Å². The second-order valence-electron chi connectivity index (χ2n) is 5.51. The number of nitrogens with one attached hydrogen (secondary N) is 1. The van der Waals surface area contributed by atoms with Gasteiger partial charge in [0.25, 0.3) is 5.91 Å². The molecule has 2 aromatic rings. The largest absolute Gasteiger partial charge is 0.394 e. The van der Waals surface area contributed by atoms with Crippen molar-refractivity contribution >= 4 is 5.91 Å². The Kier molecular flexibility index (Phi) is 6.90. The number of amides is 1. The number of aliphatic hydroxyl groups is 1. The highest BCUT2D eigenvalue weighted by atomic mass is 19.1. The molecule has 4 nitrogen and oxygen atoms in total. The number of carbonyl (C=O) groups excluding carboxylic acids is 1. The first-order valence-electron chi connectivity index (χ1n) is 7.95. The Morgan fingerprint density at radius 1 is 1.12 bits per heavy atom. The Morgan fingerprint density at radius 2 is 1.83 bits per heavy atom. The molecule has 0 aliphatic rings. The smallest absolute Gasteiger partial charge is 0.254 e. The van der Waals surface area contributed by atoms with E-state index in [1.165, 1.54) is 12.1 Å². The Morgan fingerprint density at radius 3 is 2.50 bits per heavy atom. The van der Waals surface area contributed by atoms with Crippen LogP contribution in [-0.4, -0.2) is 37.4 Å². The highest BCUT2D eigenvalue weighted by Gasteiger charge is 2.12. The normalized spacial score (nSPS) is 10.6. The van der Waals surface area contributed by atoms with Crippen LogP contribution in [0.1, 0.15) is 22.3 Å². The van der Waals surface area contributed by atoms with Crippen LogP contribution >= 0.6 is 0 Å². The predicted molar refractivity (Wildman–Crippen MR) is 91.4 cm³/mol. The van der Waals surface area contributed by atoms with Gasteiger partial charge in [0.2, 0.25) is 0 Å². The first kappa shape index (κ1) is 18.1. The third kappa shape index (κ3) is 5.15. The van der Waals surface area contributed by atoms with E-state index in [2.05, 4.69) is 5.32 Å². The second kappa shape index (κ2) is 9.15. The molecular formula is C19H22FNO3. The third-order valence-corrected chi connectivity index (χ3v) is 3.59. The number of halogens is 1. The Hall–Kier alpha value is -2.24. The Balaban J connectivity index is 1.94. The quantitative estimate of drug-likeness (QED) is 0.731. The van der Waals surface area contributed by atoms with Crippen LogP contribution < -0.4 is 5.32 Å². The molecule has 2 aromatic carbocycles. The van der Waals surface area contributed by atoms with Crippen molar-refractivity contribution in [2.45, 2.75) is 13.3 Å². The van der Waals surface area contributed by atoms with Gasteiger partial charge in [-0.05, 0) is 36.6 Å². The van der Waals surface area contributed by atoms with Gasteiger partial charge in [-0.1, -0.05) is 35.9 Å². The van der Waals surface area contributed by atoms with E-state index in [4.69, 9.17) is 9.84 Å². The predicted octanol–water partition coefficient (Wildman–Crippen LogP) is 2.93. The molecular weight excluding hydrogens is 309 g/mol. The summed E-state index contributed by atoms with van der Waals surface area (Å²) in [7, 11) is 0. The molecule has 128 valence electrons. The molecule has 0 unspecified atom stereocenters. The van der Waals surface area contributed by atoms with Crippen LogP contribution in [0.5, 0.6) is 0 Å². The summed E-state index contributed by atoms with van der Waals surface area (Å²) < 4.78 is 19.3. The zero-order valence-electron chi connectivity index (χ0n) is 13.7. The van der Waals surface area contributed by atoms with Crippen molar-refractivity contribution in [1.29, 1.82) is 0 Å². The van der Waals surface area contributed by atoms with Gasteiger partial charge < -0.3 is 15.2 Å². The van der Waals surface area contributed by atoms with E-state index >= 15 is 0 Å². The number of hydrogen-bond acceptors (Lipinski definition) is 3. The number of hydrogen-bond donors (Lipinski definition) is 2. The van der Waals surface area contributed by atoms with Crippen molar-refractivity contribution in [2.24, 2.45) is 0 Å². The van der Waals surface area contributed by atoms with Crippen LogP contribution in [0, 0.1) is 12.7 Å². The van der Waals surface area contributed by atoms with Crippen LogP contribution in [0.4, 0.5) is 4.39 Å². The maximum atomic E-state index is 14.2. The zero-order valence-corrected chi connectivity index (χ0v) is 13.7. The molecule has 0 saturated heterocycles. The van der Waals surface area contributed by atoms with E-state index in [0.717, 1.165) is 16.7 Å². The lowest BCUT2D eigenvalue weighted by Gasteiger charge is -2.08. The molecule has 5 heteroatoms. The molecule has 0 bridgehead atoms. The Bertz CT molecular complexity index is 671. The lowest BCUT2D eigenvalue weighted by atomic mass is 10.0. The average Bonchev–Trinajstić information content (AvgIpc) is 2.58. The number of aliphatic hydroxyl groups excluding tert-OH is 1. The fourth-order valence-corrected chi connectivity index (χ4v) is 2.26. The fraction of sp³-hybridized carbons (Fsp3) is 0.316. The summed E-state index contributed by atoms with van der Waals surface area (Å²) in [5, 5.41) is 11.2. The molecule has 2 N–H and O–H groups in total. The summed E-state index contributed by atoms with van der Waals surface area (Å²) in [6.07, 6.45) is 0.606. The summed E-state index contributed by atoms with van der Waals surface area (Å²) in [6.45, 7) is 3.08. The van der Waals surface area contributed by atoms with Gasteiger partial charge in [0.15, 0.2) is 0 Å². The highest BCUT2D eigenvalue weighted by Crippen LogP contribution is 2.22. The van der Waals surface area contributed by atoms with E-state index < -0.39 is 11.7 Å². The summed E-state index contributed by atoms with van der Waals surface area (Å²) in [5.74, 6) is -0.979. The molecule has 0 saturated carbocycles. The van der Waals surface area contributed by atoms with E-state index in [0.29, 0.717) is 19.6 Å². The van der Waals surface area contributed by atoms with Crippen LogP contribution in [0.15, 0.2) is 42.5 Å². The monoisotopic (exact) mass is 331 g/mol. The summed E-state index contributed by atoms with van der Waals surface area (Å²) in [4.78, 5) is 12.0. The lowest BCUT2D eigenvalue weighted by molar-refractivity contribution is 0.0866. The fourth-order valence-electron chi connectivity index (χ4n) is 2.26.